The van der Waals surface area contributed by atoms with Gasteiger partial charge in [0.2, 0.25) is 5.91 Å². The molecule has 1 fully saturated rings. The highest BCUT2D eigenvalue weighted by Crippen LogP contribution is 2.32. The van der Waals surface area contributed by atoms with Gasteiger partial charge in [-0.2, -0.15) is 0 Å². The molecule has 1 heterocycles. The minimum atomic E-state index is -0.345. The second kappa shape index (κ2) is 5.80. The van der Waals surface area contributed by atoms with Crippen molar-refractivity contribution in [1.29, 1.82) is 0 Å². The van der Waals surface area contributed by atoms with E-state index in [1.807, 2.05) is 6.92 Å². The molecule has 0 radical (unpaired) electrons. The van der Waals surface area contributed by atoms with E-state index in [1.165, 1.54) is 6.07 Å². The first-order chi connectivity index (χ1) is 9.07. The number of amides is 1. The molecule has 104 valence electrons. The second-order valence-corrected chi connectivity index (χ2v) is 5.44. The maximum absolute atomic E-state index is 12.5. The first-order valence-electron chi connectivity index (χ1n) is 6.58. The topological polar surface area (TPSA) is 61.4 Å². The number of hydrogen-bond donors (Lipinski definition) is 3. The van der Waals surface area contributed by atoms with E-state index in [9.17, 15) is 9.90 Å². The molecule has 2 rings (SSSR count). The Morgan fingerprint density at radius 3 is 2.95 bits per heavy atom. The highest BCUT2D eigenvalue weighted by molar-refractivity contribution is 6.32. The fourth-order valence-electron chi connectivity index (χ4n) is 2.47. The Hall–Kier alpha value is -1.26. The van der Waals surface area contributed by atoms with Gasteiger partial charge in [-0.15, -0.1) is 0 Å². The molecule has 0 aliphatic carbocycles. The van der Waals surface area contributed by atoms with Gasteiger partial charge in [0.1, 0.15) is 5.75 Å². The van der Waals surface area contributed by atoms with Crippen molar-refractivity contribution < 1.29 is 9.90 Å². The molecule has 1 unspecified atom stereocenters. The molecule has 5 heteroatoms. The quantitative estimate of drug-likeness (QED) is 0.747. The number of carbonyl (C=O) groups excluding carboxylic acids is 1. The molecule has 1 aromatic rings. The van der Waals surface area contributed by atoms with Gasteiger partial charge in [0, 0.05) is 12.2 Å². The van der Waals surface area contributed by atoms with E-state index in [-0.39, 0.29) is 22.1 Å². The molecule has 1 aromatic carbocycles. The summed E-state index contributed by atoms with van der Waals surface area (Å²) in [5.74, 6) is 0.0353. The van der Waals surface area contributed by atoms with E-state index in [1.54, 1.807) is 12.1 Å². The monoisotopic (exact) mass is 282 g/mol. The molecule has 0 spiro atoms. The van der Waals surface area contributed by atoms with Crippen LogP contribution in [0.25, 0.3) is 0 Å². The second-order valence-electron chi connectivity index (χ2n) is 5.03. The standard InChI is InChI=1S/C14H19ClN2O2/c1-2-14(6-3-7-16-9-14)13(19)17-10-4-5-12(18)11(15)8-10/h4-5,8,16,18H,2-3,6-7,9H2,1H3,(H,17,19). The van der Waals surface area contributed by atoms with Crippen molar-refractivity contribution in [3.8, 4) is 5.75 Å². The van der Waals surface area contributed by atoms with Crippen LogP contribution in [-0.4, -0.2) is 24.1 Å². The molecular weight excluding hydrogens is 264 g/mol. The van der Waals surface area contributed by atoms with E-state index in [0.29, 0.717) is 12.2 Å². The molecule has 4 nitrogen and oxygen atoms in total. The van der Waals surface area contributed by atoms with Gasteiger partial charge in [-0.1, -0.05) is 18.5 Å². The van der Waals surface area contributed by atoms with Gasteiger partial charge in [-0.25, -0.2) is 0 Å². The summed E-state index contributed by atoms with van der Waals surface area (Å²) in [6.45, 7) is 3.72. The third-order valence-electron chi connectivity index (χ3n) is 3.84. The zero-order chi connectivity index (χ0) is 13.9. The number of phenolic OH excluding ortho intramolecular Hbond substituents is 1. The molecule has 1 aliphatic heterocycles. The first kappa shape index (κ1) is 14.2. The molecule has 1 saturated heterocycles. The minimum absolute atomic E-state index is 0.0176. The lowest BCUT2D eigenvalue weighted by atomic mass is 9.77. The Bertz CT molecular complexity index is 471. The Balaban J connectivity index is 2.12. The summed E-state index contributed by atoms with van der Waals surface area (Å²) in [6.07, 6.45) is 2.71. The van der Waals surface area contributed by atoms with Gasteiger partial charge in [-0.3, -0.25) is 4.79 Å². The Morgan fingerprint density at radius 1 is 1.58 bits per heavy atom. The predicted octanol–water partition coefficient (Wildman–Crippen LogP) is 2.76. The highest BCUT2D eigenvalue weighted by atomic mass is 35.5. The van der Waals surface area contributed by atoms with E-state index in [4.69, 9.17) is 11.6 Å². The van der Waals surface area contributed by atoms with Crippen LogP contribution >= 0.6 is 11.6 Å². The number of rotatable bonds is 3. The molecule has 1 amide bonds. The van der Waals surface area contributed by atoms with Crippen LogP contribution in [0.5, 0.6) is 5.75 Å². The number of piperidine rings is 1. The Morgan fingerprint density at radius 2 is 2.37 bits per heavy atom. The van der Waals surface area contributed by atoms with E-state index in [2.05, 4.69) is 10.6 Å². The maximum atomic E-state index is 12.5. The summed E-state index contributed by atoms with van der Waals surface area (Å²) in [7, 11) is 0. The number of aromatic hydroxyl groups is 1. The fraction of sp³-hybridized carbons (Fsp3) is 0.500. The van der Waals surface area contributed by atoms with Gasteiger partial charge in [-0.05, 0) is 44.0 Å². The SMILES string of the molecule is CCC1(C(=O)Nc2ccc(O)c(Cl)c2)CCCNC1. The largest absolute Gasteiger partial charge is 0.506 e. The average molecular weight is 283 g/mol. The Labute approximate surface area is 118 Å². The summed E-state index contributed by atoms with van der Waals surface area (Å²) in [4.78, 5) is 12.5. The zero-order valence-corrected chi connectivity index (χ0v) is 11.8. The molecular formula is C14H19ClN2O2. The van der Waals surface area contributed by atoms with Crippen molar-refractivity contribution in [2.45, 2.75) is 26.2 Å². The third kappa shape index (κ3) is 3.01. The van der Waals surface area contributed by atoms with Crippen LogP contribution in [0.2, 0.25) is 5.02 Å². The van der Waals surface area contributed by atoms with Crippen LogP contribution in [0, 0.1) is 5.41 Å². The fourth-order valence-corrected chi connectivity index (χ4v) is 2.65. The van der Waals surface area contributed by atoms with Crippen molar-refractivity contribution in [2.75, 3.05) is 18.4 Å². The van der Waals surface area contributed by atoms with E-state index in [0.717, 1.165) is 25.8 Å². The zero-order valence-electron chi connectivity index (χ0n) is 11.0. The van der Waals surface area contributed by atoms with Crippen LogP contribution in [-0.2, 0) is 4.79 Å². The van der Waals surface area contributed by atoms with Crippen LogP contribution in [0.3, 0.4) is 0 Å². The van der Waals surface area contributed by atoms with Gasteiger partial charge in [0.25, 0.3) is 0 Å². The molecule has 1 atom stereocenters. The van der Waals surface area contributed by atoms with E-state index < -0.39 is 0 Å². The lowest BCUT2D eigenvalue weighted by Crippen LogP contribution is -2.47. The number of carbonyl (C=O) groups is 1. The number of phenols is 1. The lowest BCUT2D eigenvalue weighted by Gasteiger charge is -2.35. The molecule has 1 aliphatic rings. The Kier molecular flexibility index (Phi) is 4.32. The van der Waals surface area contributed by atoms with Crippen molar-refractivity contribution in [3.63, 3.8) is 0 Å². The van der Waals surface area contributed by atoms with Gasteiger partial charge < -0.3 is 15.7 Å². The number of hydrogen-bond acceptors (Lipinski definition) is 3. The van der Waals surface area contributed by atoms with Crippen LogP contribution in [0.1, 0.15) is 26.2 Å². The number of anilines is 1. The normalized spacial score (nSPS) is 23.1. The minimum Gasteiger partial charge on any atom is -0.506 e. The molecule has 19 heavy (non-hydrogen) atoms. The number of nitrogens with one attached hydrogen (secondary N) is 2. The van der Waals surface area contributed by atoms with Gasteiger partial charge in [0.05, 0.1) is 10.4 Å². The number of halogens is 1. The maximum Gasteiger partial charge on any atom is 0.231 e. The van der Waals surface area contributed by atoms with Gasteiger partial charge in [0.15, 0.2) is 0 Å². The summed E-state index contributed by atoms with van der Waals surface area (Å²) < 4.78 is 0. The van der Waals surface area contributed by atoms with Crippen molar-refractivity contribution >= 4 is 23.2 Å². The van der Waals surface area contributed by atoms with Crippen molar-refractivity contribution in [3.05, 3.63) is 23.2 Å². The van der Waals surface area contributed by atoms with Crippen LogP contribution < -0.4 is 10.6 Å². The highest BCUT2D eigenvalue weighted by Gasteiger charge is 2.37. The van der Waals surface area contributed by atoms with Crippen LogP contribution in [0.15, 0.2) is 18.2 Å². The van der Waals surface area contributed by atoms with Crippen molar-refractivity contribution in [2.24, 2.45) is 5.41 Å². The average Bonchev–Trinajstić information content (AvgIpc) is 2.43. The lowest BCUT2D eigenvalue weighted by molar-refractivity contribution is -0.126. The summed E-state index contributed by atoms with van der Waals surface area (Å²) in [5, 5.41) is 15.8. The molecule has 0 aromatic heterocycles. The van der Waals surface area contributed by atoms with Gasteiger partial charge >= 0.3 is 0 Å². The van der Waals surface area contributed by atoms with Crippen molar-refractivity contribution in [1.82, 2.24) is 5.32 Å². The third-order valence-corrected chi connectivity index (χ3v) is 4.14. The molecule has 0 bridgehead atoms. The number of benzene rings is 1. The summed E-state index contributed by atoms with van der Waals surface area (Å²) in [5.41, 5.74) is 0.272. The predicted molar refractivity (Wildman–Crippen MR) is 76.6 cm³/mol. The first-order valence-corrected chi connectivity index (χ1v) is 6.96. The molecule has 0 saturated carbocycles. The van der Waals surface area contributed by atoms with Crippen LogP contribution in [0.4, 0.5) is 5.69 Å². The van der Waals surface area contributed by atoms with E-state index >= 15 is 0 Å². The smallest absolute Gasteiger partial charge is 0.231 e. The molecule has 3 N–H and O–H groups in total. The summed E-state index contributed by atoms with van der Waals surface area (Å²) >= 11 is 5.84. The summed E-state index contributed by atoms with van der Waals surface area (Å²) in [6, 6.07) is 4.70.